The third-order valence-corrected chi connectivity index (χ3v) is 7.32. The van der Waals surface area contributed by atoms with Gasteiger partial charge in [0.25, 0.3) is 0 Å². The van der Waals surface area contributed by atoms with Gasteiger partial charge in [0.15, 0.2) is 9.84 Å². The van der Waals surface area contributed by atoms with Crippen LogP contribution in [0, 0.1) is 5.82 Å². The fourth-order valence-corrected chi connectivity index (χ4v) is 5.97. The average molecular weight is 367 g/mol. The quantitative estimate of drug-likeness (QED) is 0.692. The highest BCUT2D eigenvalue weighted by Gasteiger charge is 2.39. The molecule has 0 saturated carbocycles. The lowest BCUT2D eigenvalue weighted by Crippen LogP contribution is -2.46. The number of halogens is 1. The first-order chi connectivity index (χ1) is 10.7. The van der Waals surface area contributed by atoms with E-state index in [1.807, 2.05) is 0 Å². The van der Waals surface area contributed by atoms with Gasteiger partial charge in [-0.1, -0.05) is 0 Å². The zero-order valence-corrected chi connectivity index (χ0v) is 13.8. The number of hydrogen-bond acceptors (Lipinski definition) is 6. The molecule has 1 aromatic carbocycles. The molecule has 1 aliphatic rings. The molecule has 1 heterocycles. The highest BCUT2D eigenvalue weighted by atomic mass is 32.2. The van der Waals surface area contributed by atoms with Crippen molar-refractivity contribution in [3.63, 3.8) is 0 Å². The molecule has 0 unspecified atom stereocenters. The maximum Gasteiger partial charge on any atom is 0.243 e. The van der Waals surface area contributed by atoms with Gasteiger partial charge in [0.05, 0.1) is 29.1 Å². The molecule has 0 spiro atoms. The average Bonchev–Trinajstić information content (AvgIpc) is 2.84. The Morgan fingerprint density at radius 1 is 1.30 bits per heavy atom. The molecule has 1 fully saturated rings. The maximum atomic E-state index is 13.0. The molecule has 0 aliphatic carbocycles. The topological polar surface area (TPSA) is 112 Å². The van der Waals surface area contributed by atoms with Crippen LogP contribution in [0.1, 0.15) is 6.42 Å². The first-order valence-corrected chi connectivity index (χ1v) is 10.2. The lowest BCUT2D eigenvalue weighted by atomic mass is 10.2. The van der Waals surface area contributed by atoms with Gasteiger partial charge in [-0.15, -0.1) is 0 Å². The highest BCUT2D eigenvalue weighted by molar-refractivity contribution is 7.92. The predicted octanol–water partition coefficient (Wildman–Crippen LogP) is -0.643. The normalized spacial score (nSPS) is 22.3. The van der Waals surface area contributed by atoms with Crippen molar-refractivity contribution in [1.82, 2.24) is 4.31 Å². The fourth-order valence-electron chi connectivity index (χ4n) is 2.45. The Balaban J connectivity index is 2.37. The number of hydrogen-bond donors (Lipinski definition) is 2. The van der Waals surface area contributed by atoms with Crippen molar-refractivity contribution in [2.45, 2.75) is 23.5 Å². The Morgan fingerprint density at radius 3 is 2.39 bits per heavy atom. The van der Waals surface area contributed by atoms with Crippen LogP contribution in [0.4, 0.5) is 4.39 Å². The molecular formula is C13H18FNO6S2. The van der Waals surface area contributed by atoms with Crippen LogP contribution in [0.3, 0.4) is 0 Å². The summed E-state index contributed by atoms with van der Waals surface area (Å²) in [4.78, 5) is -0.201. The summed E-state index contributed by atoms with van der Waals surface area (Å²) in [5.74, 6) is -1.08. The van der Waals surface area contributed by atoms with Crippen LogP contribution in [0.5, 0.6) is 0 Å². The van der Waals surface area contributed by atoms with Gasteiger partial charge in [-0.25, -0.2) is 21.2 Å². The monoisotopic (exact) mass is 367 g/mol. The van der Waals surface area contributed by atoms with Gasteiger partial charge in [0.1, 0.15) is 5.82 Å². The summed E-state index contributed by atoms with van der Waals surface area (Å²) < 4.78 is 62.5. The van der Waals surface area contributed by atoms with Crippen LogP contribution in [0.2, 0.25) is 0 Å². The molecule has 130 valence electrons. The number of benzene rings is 1. The maximum absolute atomic E-state index is 13.0. The minimum absolute atomic E-state index is 0.112. The Kier molecular flexibility index (Phi) is 5.41. The van der Waals surface area contributed by atoms with Crippen molar-refractivity contribution in [3.05, 3.63) is 30.1 Å². The van der Waals surface area contributed by atoms with Gasteiger partial charge in [0.2, 0.25) is 10.0 Å². The third kappa shape index (κ3) is 4.27. The molecule has 0 amide bonds. The molecule has 2 rings (SSSR count). The van der Waals surface area contributed by atoms with Crippen molar-refractivity contribution in [1.29, 1.82) is 0 Å². The Bertz CT molecular complexity index is 747. The van der Waals surface area contributed by atoms with Crippen molar-refractivity contribution < 1.29 is 31.4 Å². The number of aliphatic hydroxyl groups excluding tert-OH is 2. The molecule has 0 radical (unpaired) electrons. The predicted molar refractivity (Wildman–Crippen MR) is 80.4 cm³/mol. The van der Waals surface area contributed by atoms with Gasteiger partial charge >= 0.3 is 0 Å². The van der Waals surface area contributed by atoms with Crippen LogP contribution in [0.15, 0.2) is 29.2 Å². The van der Waals surface area contributed by atoms with Gasteiger partial charge in [-0.05, 0) is 30.7 Å². The van der Waals surface area contributed by atoms with Crippen molar-refractivity contribution in [2.24, 2.45) is 0 Å². The second kappa shape index (κ2) is 6.81. The summed E-state index contributed by atoms with van der Waals surface area (Å²) in [6, 6.07) is 3.30. The number of rotatable bonds is 6. The smallest absolute Gasteiger partial charge is 0.243 e. The van der Waals surface area contributed by atoms with E-state index in [0.717, 1.165) is 28.6 Å². The van der Waals surface area contributed by atoms with E-state index >= 15 is 0 Å². The summed E-state index contributed by atoms with van der Waals surface area (Å²) in [5, 5.41) is 18.6. The molecule has 1 aromatic rings. The van der Waals surface area contributed by atoms with Crippen molar-refractivity contribution >= 4 is 19.9 Å². The van der Waals surface area contributed by atoms with E-state index < -0.39 is 51.0 Å². The first kappa shape index (κ1) is 18.3. The molecule has 7 nitrogen and oxygen atoms in total. The second-order valence-corrected chi connectivity index (χ2v) is 9.54. The number of aliphatic hydroxyl groups is 2. The summed E-state index contributed by atoms with van der Waals surface area (Å²) in [6.45, 7) is -1.09. The Morgan fingerprint density at radius 2 is 1.91 bits per heavy atom. The number of sulfonamides is 1. The number of nitrogens with zero attached hydrogens (tertiary/aromatic N) is 1. The molecule has 2 atom stereocenters. The molecule has 2 N–H and O–H groups in total. The molecule has 0 bridgehead atoms. The van der Waals surface area contributed by atoms with E-state index in [1.165, 1.54) is 0 Å². The zero-order valence-electron chi connectivity index (χ0n) is 12.2. The lowest BCUT2D eigenvalue weighted by Gasteiger charge is -2.28. The molecular weight excluding hydrogens is 349 g/mol. The van der Waals surface area contributed by atoms with Crippen LogP contribution in [0.25, 0.3) is 0 Å². The lowest BCUT2D eigenvalue weighted by molar-refractivity contribution is 0.0730. The van der Waals surface area contributed by atoms with Crippen LogP contribution >= 0.6 is 0 Å². The van der Waals surface area contributed by atoms with E-state index in [4.69, 9.17) is 5.11 Å². The van der Waals surface area contributed by atoms with Crippen LogP contribution < -0.4 is 0 Å². The van der Waals surface area contributed by atoms with Crippen molar-refractivity contribution in [3.8, 4) is 0 Å². The molecule has 0 aromatic heterocycles. The minimum atomic E-state index is -4.13. The first-order valence-electron chi connectivity index (χ1n) is 6.92. The molecule has 10 heteroatoms. The van der Waals surface area contributed by atoms with Gasteiger partial charge in [-0.3, -0.25) is 0 Å². The van der Waals surface area contributed by atoms with Gasteiger partial charge in [0, 0.05) is 12.6 Å². The summed E-state index contributed by atoms with van der Waals surface area (Å²) in [7, 11) is -7.47. The van der Waals surface area contributed by atoms with Crippen LogP contribution in [-0.4, -0.2) is 68.2 Å². The van der Waals surface area contributed by atoms with E-state index in [0.29, 0.717) is 0 Å². The number of sulfone groups is 1. The van der Waals surface area contributed by atoms with E-state index in [1.54, 1.807) is 0 Å². The van der Waals surface area contributed by atoms with E-state index in [9.17, 15) is 26.3 Å². The largest absolute Gasteiger partial charge is 0.394 e. The Labute approximate surface area is 134 Å². The molecule has 1 saturated heterocycles. The second-order valence-electron chi connectivity index (χ2n) is 5.42. The fraction of sp³-hybridized carbons (Fsp3) is 0.538. The van der Waals surface area contributed by atoms with Gasteiger partial charge in [-0.2, -0.15) is 4.31 Å². The summed E-state index contributed by atoms with van der Waals surface area (Å²) in [6.07, 6.45) is -1.23. The summed E-state index contributed by atoms with van der Waals surface area (Å²) in [5.41, 5.74) is 0. The van der Waals surface area contributed by atoms with Crippen molar-refractivity contribution in [2.75, 3.05) is 24.7 Å². The summed E-state index contributed by atoms with van der Waals surface area (Å²) >= 11 is 0. The minimum Gasteiger partial charge on any atom is -0.394 e. The van der Waals surface area contributed by atoms with E-state index in [2.05, 4.69) is 0 Å². The molecule has 1 aliphatic heterocycles. The third-order valence-electron chi connectivity index (χ3n) is 3.64. The standard InChI is InChI=1S/C13H18FNO6S2/c14-10-1-3-13(4-2-10)23(20,21)15(7-12(17)8-16)11-5-6-22(18,19)9-11/h1-4,11-12,16-17H,5-9H2/t11-,12+/m0/s1. The van der Waals surface area contributed by atoms with E-state index in [-0.39, 0.29) is 22.8 Å². The SMILES string of the molecule is O=S1(=O)CC[C@H](N(C[C@@H](O)CO)S(=O)(=O)c2ccc(F)cc2)C1. The Hall–Kier alpha value is -1.07. The van der Waals surface area contributed by atoms with Crippen LogP contribution in [-0.2, 0) is 19.9 Å². The zero-order chi connectivity index (χ0) is 17.3. The van der Waals surface area contributed by atoms with Gasteiger partial charge < -0.3 is 10.2 Å². The highest BCUT2D eigenvalue weighted by Crippen LogP contribution is 2.25. The molecule has 23 heavy (non-hydrogen) atoms.